The van der Waals surface area contributed by atoms with Crippen LogP contribution in [0.25, 0.3) is 0 Å². The summed E-state index contributed by atoms with van der Waals surface area (Å²) in [5.74, 6) is 1.09. The maximum Gasteiger partial charge on any atom is 0.205 e. The summed E-state index contributed by atoms with van der Waals surface area (Å²) >= 11 is 0. The van der Waals surface area contributed by atoms with Crippen LogP contribution in [0, 0.1) is 6.92 Å². The van der Waals surface area contributed by atoms with Crippen LogP contribution >= 0.6 is 0 Å². The van der Waals surface area contributed by atoms with Gasteiger partial charge in [-0.15, -0.1) is 0 Å². The van der Waals surface area contributed by atoms with E-state index in [0.717, 1.165) is 57.5 Å². The third-order valence-electron chi connectivity index (χ3n) is 3.52. The van der Waals surface area contributed by atoms with E-state index in [-0.39, 0.29) is 0 Å². The van der Waals surface area contributed by atoms with Gasteiger partial charge in [-0.1, -0.05) is 0 Å². The Balaban J connectivity index is 1.88. The Bertz CT molecular complexity index is 367. The Morgan fingerprint density at radius 1 is 1.39 bits per heavy atom. The molecule has 0 unspecified atom stereocenters. The minimum atomic E-state index is 0.980. The summed E-state index contributed by atoms with van der Waals surface area (Å²) in [4.78, 5) is 9.38. The van der Waals surface area contributed by atoms with Gasteiger partial charge in [-0.3, -0.25) is 4.90 Å². The van der Waals surface area contributed by atoms with E-state index < -0.39 is 0 Å². The van der Waals surface area contributed by atoms with Crippen molar-refractivity contribution in [2.75, 3.05) is 51.2 Å². The van der Waals surface area contributed by atoms with E-state index in [1.165, 1.54) is 0 Å². The number of likely N-dealkylation sites (N-methyl/N-ethyl adjacent to an activating group) is 1. The monoisotopic (exact) mass is 251 g/mol. The van der Waals surface area contributed by atoms with Crippen molar-refractivity contribution >= 4 is 5.95 Å². The first-order valence-corrected chi connectivity index (χ1v) is 6.88. The molecule has 1 saturated heterocycles. The van der Waals surface area contributed by atoms with Gasteiger partial charge in [0.2, 0.25) is 5.95 Å². The average molecular weight is 251 g/mol. The normalized spacial score (nSPS) is 17.1. The molecule has 1 aromatic heterocycles. The number of aromatic nitrogens is 2. The average Bonchev–Trinajstić information content (AvgIpc) is 2.78. The summed E-state index contributed by atoms with van der Waals surface area (Å²) in [5.41, 5.74) is 1.10. The van der Waals surface area contributed by atoms with Gasteiger partial charge < -0.3 is 14.8 Å². The smallest absolute Gasteiger partial charge is 0.205 e. The minimum Gasteiger partial charge on any atom is -0.344 e. The van der Waals surface area contributed by atoms with Crippen molar-refractivity contribution in [1.29, 1.82) is 0 Å². The van der Waals surface area contributed by atoms with Crippen LogP contribution in [0.2, 0.25) is 0 Å². The highest BCUT2D eigenvalue weighted by atomic mass is 15.3. The van der Waals surface area contributed by atoms with Crippen LogP contribution in [0.4, 0.5) is 5.95 Å². The molecule has 1 aliphatic rings. The molecule has 2 heterocycles. The van der Waals surface area contributed by atoms with Crippen LogP contribution in [-0.4, -0.2) is 60.8 Å². The van der Waals surface area contributed by atoms with Gasteiger partial charge in [0.1, 0.15) is 0 Å². The first-order chi connectivity index (χ1) is 8.70. The van der Waals surface area contributed by atoms with Gasteiger partial charge in [-0.25, -0.2) is 4.98 Å². The van der Waals surface area contributed by atoms with Gasteiger partial charge >= 0.3 is 0 Å². The third kappa shape index (κ3) is 3.23. The standard InChI is InChI=1S/C13H25N5/c1-4-18-11-12(2)15-13(18)16(3)9-10-17-7-5-14-6-8-17/h11,14H,4-10H2,1-3H3. The highest BCUT2D eigenvalue weighted by Crippen LogP contribution is 2.12. The number of imidazole rings is 1. The Hall–Kier alpha value is -1.07. The van der Waals surface area contributed by atoms with E-state index in [4.69, 9.17) is 0 Å². The molecule has 1 N–H and O–H groups in total. The topological polar surface area (TPSA) is 36.3 Å². The predicted molar refractivity (Wildman–Crippen MR) is 75.2 cm³/mol. The molecule has 0 aliphatic carbocycles. The van der Waals surface area contributed by atoms with Crippen molar-refractivity contribution in [3.63, 3.8) is 0 Å². The van der Waals surface area contributed by atoms with Gasteiger partial charge in [0.15, 0.2) is 0 Å². The molecule has 102 valence electrons. The Labute approximate surface area is 110 Å². The van der Waals surface area contributed by atoms with Crippen LogP contribution in [0.3, 0.4) is 0 Å². The fourth-order valence-corrected chi connectivity index (χ4v) is 2.40. The van der Waals surface area contributed by atoms with Gasteiger partial charge in [0, 0.05) is 59.1 Å². The van der Waals surface area contributed by atoms with Crippen LogP contribution in [-0.2, 0) is 6.54 Å². The lowest BCUT2D eigenvalue weighted by molar-refractivity contribution is 0.246. The van der Waals surface area contributed by atoms with Crippen molar-refractivity contribution < 1.29 is 0 Å². The highest BCUT2D eigenvalue weighted by molar-refractivity contribution is 5.32. The fraction of sp³-hybridized carbons (Fsp3) is 0.769. The second kappa shape index (κ2) is 6.20. The van der Waals surface area contributed by atoms with Crippen LogP contribution in [0.1, 0.15) is 12.6 Å². The molecule has 0 saturated carbocycles. The maximum absolute atomic E-state index is 4.60. The molecule has 0 aromatic carbocycles. The SMILES string of the molecule is CCn1cc(C)nc1N(C)CCN1CCNCC1. The lowest BCUT2D eigenvalue weighted by Gasteiger charge is -2.29. The zero-order valence-corrected chi connectivity index (χ0v) is 11.8. The fourth-order valence-electron chi connectivity index (χ4n) is 2.40. The van der Waals surface area contributed by atoms with Crippen molar-refractivity contribution in [1.82, 2.24) is 19.8 Å². The van der Waals surface area contributed by atoms with Crippen molar-refractivity contribution in [2.45, 2.75) is 20.4 Å². The molecule has 18 heavy (non-hydrogen) atoms. The number of piperazine rings is 1. The van der Waals surface area contributed by atoms with Crippen LogP contribution in [0.15, 0.2) is 6.20 Å². The number of anilines is 1. The summed E-state index contributed by atoms with van der Waals surface area (Å²) < 4.78 is 2.22. The van der Waals surface area contributed by atoms with Gasteiger partial charge in [-0.05, 0) is 13.8 Å². The third-order valence-corrected chi connectivity index (χ3v) is 3.52. The molecule has 0 spiro atoms. The number of hydrogen-bond donors (Lipinski definition) is 1. The van der Waals surface area contributed by atoms with E-state index in [2.05, 4.69) is 51.8 Å². The molecule has 1 aliphatic heterocycles. The van der Waals surface area contributed by atoms with E-state index in [0.29, 0.717) is 0 Å². The van der Waals surface area contributed by atoms with E-state index in [9.17, 15) is 0 Å². The van der Waals surface area contributed by atoms with Crippen LogP contribution in [0.5, 0.6) is 0 Å². The molecule has 0 radical (unpaired) electrons. The highest BCUT2D eigenvalue weighted by Gasteiger charge is 2.13. The van der Waals surface area contributed by atoms with E-state index in [1.807, 2.05) is 0 Å². The van der Waals surface area contributed by atoms with E-state index in [1.54, 1.807) is 0 Å². The Morgan fingerprint density at radius 3 is 2.78 bits per heavy atom. The molecular formula is C13H25N5. The number of nitrogens with zero attached hydrogens (tertiary/aromatic N) is 4. The zero-order valence-electron chi connectivity index (χ0n) is 11.8. The second-order valence-electron chi connectivity index (χ2n) is 4.98. The molecule has 0 amide bonds. The Morgan fingerprint density at radius 2 is 2.11 bits per heavy atom. The van der Waals surface area contributed by atoms with Crippen molar-refractivity contribution in [3.05, 3.63) is 11.9 Å². The van der Waals surface area contributed by atoms with Crippen LogP contribution < -0.4 is 10.2 Å². The second-order valence-corrected chi connectivity index (χ2v) is 4.98. The summed E-state index contributed by atoms with van der Waals surface area (Å²) in [6.45, 7) is 11.9. The zero-order chi connectivity index (χ0) is 13.0. The lowest BCUT2D eigenvalue weighted by Crippen LogP contribution is -2.46. The number of aryl methyl sites for hydroxylation is 2. The number of rotatable bonds is 5. The molecular weight excluding hydrogens is 226 g/mol. The summed E-state index contributed by atoms with van der Waals surface area (Å²) in [6.07, 6.45) is 2.12. The molecule has 0 atom stereocenters. The summed E-state index contributed by atoms with van der Waals surface area (Å²) in [7, 11) is 2.14. The first kappa shape index (κ1) is 13.4. The molecule has 0 bridgehead atoms. The van der Waals surface area contributed by atoms with Gasteiger partial charge in [-0.2, -0.15) is 0 Å². The number of nitrogens with one attached hydrogen (secondary N) is 1. The molecule has 2 rings (SSSR count). The molecule has 5 heteroatoms. The van der Waals surface area contributed by atoms with Gasteiger partial charge in [0.25, 0.3) is 0 Å². The molecule has 5 nitrogen and oxygen atoms in total. The van der Waals surface area contributed by atoms with Crippen molar-refractivity contribution in [3.8, 4) is 0 Å². The Kier molecular flexibility index (Phi) is 4.60. The van der Waals surface area contributed by atoms with Gasteiger partial charge in [0.05, 0.1) is 5.69 Å². The van der Waals surface area contributed by atoms with Crippen molar-refractivity contribution in [2.24, 2.45) is 0 Å². The predicted octanol–water partition coefficient (Wildman–Crippen LogP) is 0.553. The number of hydrogen-bond acceptors (Lipinski definition) is 4. The minimum absolute atomic E-state index is 0.980. The molecule has 1 aromatic rings. The molecule has 1 fully saturated rings. The van der Waals surface area contributed by atoms with E-state index >= 15 is 0 Å². The quantitative estimate of drug-likeness (QED) is 0.829. The summed E-state index contributed by atoms with van der Waals surface area (Å²) in [5, 5.41) is 3.38. The maximum atomic E-state index is 4.60. The largest absolute Gasteiger partial charge is 0.344 e. The summed E-state index contributed by atoms with van der Waals surface area (Å²) in [6, 6.07) is 0. The lowest BCUT2D eigenvalue weighted by atomic mass is 10.3. The first-order valence-electron chi connectivity index (χ1n) is 6.88.